The molecule has 0 atom stereocenters. The molecule has 0 amide bonds. The van der Waals surface area contributed by atoms with Gasteiger partial charge in [0, 0.05) is 0 Å². The molecule has 0 aliphatic rings. The van der Waals surface area contributed by atoms with Crippen molar-refractivity contribution < 1.29 is 0 Å². The highest BCUT2D eigenvalue weighted by atomic mass is 32.2. The zero-order valence-corrected chi connectivity index (χ0v) is 8.40. The second-order valence-corrected chi connectivity index (χ2v) is 4.04. The predicted molar refractivity (Wildman–Crippen MR) is 49.3 cm³/mol. The molecule has 0 aromatic heterocycles. The van der Waals surface area contributed by atoms with Gasteiger partial charge in [-0.3, -0.25) is 9.80 Å². The number of hydrogen-bond acceptors (Lipinski definition) is 3. The molecule has 0 radical (unpaired) electrons. The lowest BCUT2D eigenvalue weighted by Gasteiger charge is -2.29. The summed E-state index contributed by atoms with van der Waals surface area (Å²) in [5.74, 6) is 1.17. The van der Waals surface area contributed by atoms with E-state index in [4.69, 9.17) is 0 Å². The molecule has 0 aliphatic heterocycles. The maximum absolute atomic E-state index is 2.22. The van der Waals surface area contributed by atoms with Gasteiger partial charge in [-0.1, -0.05) is 6.92 Å². The van der Waals surface area contributed by atoms with Gasteiger partial charge in [0.25, 0.3) is 0 Å². The van der Waals surface area contributed by atoms with Crippen LogP contribution in [0.5, 0.6) is 0 Å². The van der Waals surface area contributed by atoms with Gasteiger partial charge in [0.15, 0.2) is 0 Å². The van der Waals surface area contributed by atoms with E-state index in [-0.39, 0.29) is 0 Å². The van der Waals surface area contributed by atoms with E-state index < -0.39 is 0 Å². The van der Waals surface area contributed by atoms with Gasteiger partial charge >= 0.3 is 0 Å². The van der Waals surface area contributed by atoms with Gasteiger partial charge in [-0.2, -0.15) is 0 Å². The average Bonchev–Trinajstić information content (AvgIpc) is 1.81. The Morgan fingerprint density at radius 1 is 1.10 bits per heavy atom. The molecule has 0 fully saturated rings. The van der Waals surface area contributed by atoms with E-state index in [0.717, 1.165) is 0 Å². The number of thioether (sulfide) groups is 1. The fraction of sp³-hybridized carbons (Fsp3) is 1.00. The van der Waals surface area contributed by atoms with Crippen LogP contribution in [0, 0.1) is 0 Å². The molecular weight excluding hydrogens is 144 g/mol. The summed E-state index contributed by atoms with van der Waals surface area (Å²) in [4.78, 5) is 4.43. The number of rotatable bonds is 4. The Labute approximate surface area is 68.6 Å². The van der Waals surface area contributed by atoms with E-state index in [1.165, 1.54) is 5.75 Å². The first-order chi connectivity index (χ1) is 4.59. The van der Waals surface area contributed by atoms with E-state index in [2.05, 4.69) is 44.9 Å². The first-order valence-electron chi connectivity index (χ1n) is 3.54. The van der Waals surface area contributed by atoms with Crippen LogP contribution in [0.4, 0.5) is 0 Å². The molecule has 2 nitrogen and oxygen atoms in total. The van der Waals surface area contributed by atoms with Crippen LogP contribution in [0.15, 0.2) is 0 Å². The molecule has 0 aromatic rings. The van der Waals surface area contributed by atoms with E-state index in [1.54, 1.807) is 0 Å². The monoisotopic (exact) mass is 162 g/mol. The molecule has 0 spiro atoms. The number of hydrogen-bond donors (Lipinski definition) is 0. The fourth-order valence-corrected chi connectivity index (χ4v) is 1.80. The summed E-state index contributed by atoms with van der Waals surface area (Å²) in [5, 5.41) is 0. The summed E-state index contributed by atoms with van der Waals surface area (Å²) < 4.78 is 0. The topological polar surface area (TPSA) is 6.48 Å². The number of nitrogens with zero attached hydrogens (tertiary/aromatic N) is 2. The van der Waals surface area contributed by atoms with Crippen molar-refractivity contribution in [3.8, 4) is 0 Å². The molecule has 0 saturated heterocycles. The van der Waals surface area contributed by atoms with Crippen LogP contribution in [0.2, 0.25) is 0 Å². The highest BCUT2D eigenvalue weighted by molar-refractivity contribution is 7.99. The fourth-order valence-electron chi connectivity index (χ4n) is 0.909. The average molecular weight is 162 g/mol. The van der Waals surface area contributed by atoms with Crippen LogP contribution < -0.4 is 0 Å². The minimum atomic E-state index is 0.519. The Kier molecular flexibility index (Phi) is 5.13. The zero-order valence-electron chi connectivity index (χ0n) is 7.59. The molecule has 10 heavy (non-hydrogen) atoms. The third-order valence-electron chi connectivity index (χ3n) is 1.20. The third kappa shape index (κ3) is 3.44. The van der Waals surface area contributed by atoms with Gasteiger partial charge in [-0.25, -0.2) is 0 Å². The van der Waals surface area contributed by atoms with Gasteiger partial charge in [0.2, 0.25) is 0 Å². The summed E-state index contributed by atoms with van der Waals surface area (Å²) in [6, 6.07) is 0. The van der Waals surface area contributed by atoms with Crippen LogP contribution >= 0.6 is 11.8 Å². The first kappa shape index (κ1) is 10.3. The summed E-state index contributed by atoms with van der Waals surface area (Å²) in [7, 11) is 8.42. The minimum Gasteiger partial charge on any atom is -0.286 e. The molecule has 0 N–H and O–H groups in total. The van der Waals surface area contributed by atoms with Crippen molar-refractivity contribution in [3.05, 3.63) is 0 Å². The van der Waals surface area contributed by atoms with Crippen LogP contribution in [0.25, 0.3) is 0 Å². The van der Waals surface area contributed by atoms with Gasteiger partial charge in [-0.15, -0.1) is 11.8 Å². The summed E-state index contributed by atoms with van der Waals surface area (Å²) >= 11 is 1.94. The highest BCUT2D eigenvalue weighted by Gasteiger charge is 2.11. The Morgan fingerprint density at radius 3 is 1.60 bits per heavy atom. The van der Waals surface area contributed by atoms with Gasteiger partial charge in [0.1, 0.15) is 5.50 Å². The Hall–Kier alpha value is 0.270. The Morgan fingerprint density at radius 2 is 1.50 bits per heavy atom. The highest BCUT2D eigenvalue weighted by Crippen LogP contribution is 2.13. The third-order valence-corrected chi connectivity index (χ3v) is 2.67. The van der Waals surface area contributed by atoms with Crippen LogP contribution in [-0.4, -0.2) is 49.2 Å². The second-order valence-electron chi connectivity index (χ2n) is 2.71. The second kappa shape index (κ2) is 4.99. The molecule has 0 saturated carbocycles. The van der Waals surface area contributed by atoms with Crippen molar-refractivity contribution in [1.82, 2.24) is 9.80 Å². The van der Waals surface area contributed by atoms with Crippen molar-refractivity contribution in [2.45, 2.75) is 12.4 Å². The van der Waals surface area contributed by atoms with E-state index >= 15 is 0 Å². The van der Waals surface area contributed by atoms with Crippen molar-refractivity contribution >= 4 is 11.8 Å². The van der Waals surface area contributed by atoms with Crippen LogP contribution in [-0.2, 0) is 0 Å². The first-order valence-corrected chi connectivity index (χ1v) is 4.59. The molecule has 0 rings (SSSR count). The molecule has 62 valence electrons. The normalized spacial score (nSPS) is 12.0. The van der Waals surface area contributed by atoms with Crippen molar-refractivity contribution in [3.63, 3.8) is 0 Å². The predicted octanol–water partition coefficient (Wildman–Crippen LogP) is 1.15. The van der Waals surface area contributed by atoms with Crippen molar-refractivity contribution in [2.24, 2.45) is 0 Å². The zero-order chi connectivity index (χ0) is 8.15. The van der Waals surface area contributed by atoms with Crippen molar-refractivity contribution in [1.29, 1.82) is 0 Å². The van der Waals surface area contributed by atoms with E-state index in [0.29, 0.717) is 5.50 Å². The molecule has 0 heterocycles. The summed E-state index contributed by atoms with van der Waals surface area (Å²) in [5.41, 5.74) is 0.519. The van der Waals surface area contributed by atoms with E-state index in [9.17, 15) is 0 Å². The molecule has 0 unspecified atom stereocenters. The van der Waals surface area contributed by atoms with Gasteiger partial charge < -0.3 is 0 Å². The maximum atomic E-state index is 2.22. The quantitative estimate of drug-likeness (QED) is 0.573. The van der Waals surface area contributed by atoms with Crippen LogP contribution in [0.1, 0.15) is 6.92 Å². The molecule has 3 heteroatoms. The minimum absolute atomic E-state index is 0.519. The standard InChI is InChI=1S/C7H18N2S/c1-6-10-7(8(2)3)9(4)5/h7H,6H2,1-5H3. The Balaban J connectivity index is 3.73. The molecule has 0 aromatic carbocycles. The largest absolute Gasteiger partial charge is 0.286 e. The maximum Gasteiger partial charge on any atom is 0.109 e. The lowest BCUT2D eigenvalue weighted by Crippen LogP contribution is -2.37. The van der Waals surface area contributed by atoms with Gasteiger partial charge in [-0.05, 0) is 33.9 Å². The molecular formula is C7H18N2S. The SMILES string of the molecule is CCSC(N(C)C)N(C)C. The molecule has 0 bridgehead atoms. The van der Waals surface area contributed by atoms with Gasteiger partial charge in [0.05, 0.1) is 0 Å². The lowest BCUT2D eigenvalue weighted by atomic mass is 10.8. The Bertz CT molecular complexity index is 75.7. The molecule has 0 aliphatic carbocycles. The smallest absolute Gasteiger partial charge is 0.109 e. The summed E-state index contributed by atoms with van der Waals surface area (Å²) in [6.45, 7) is 2.19. The lowest BCUT2D eigenvalue weighted by molar-refractivity contribution is 0.212. The van der Waals surface area contributed by atoms with Crippen LogP contribution in [0.3, 0.4) is 0 Å². The van der Waals surface area contributed by atoms with Crippen molar-refractivity contribution in [2.75, 3.05) is 33.9 Å². The summed E-state index contributed by atoms with van der Waals surface area (Å²) in [6.07, 6.45) is 0. The van der Waals surface area contributed by atoms with E-state index in [1.807, 2.05) is 11.8 Å².